The average Bonchev–Trinajstić information content (AvgIpc) is 3.18. The average molecular weight is 330 g/mol. The summed E-state index contributed by atoms with van der Waals surface area (Å²) in [6, 6.07) is 3.64. The van der Waals surface area contributed by atoms with Crippen LogP contribution in [0.15, 0.2) is 36.9 Å². The standard InChI is InChI=1S/C16H22N6O2/c1-24-13-9-17-14(23)16(22-10-3-8-20-22)4-11-21(12-5-16)15-18-6-2-7-19-15/h2-3,6-8,10H,4-5,9,11-13H2,1H3,(H,17,23). The van der Waals surface area contributed by atoms with Crippen LogP contribution in [-0.2, 0) is 15.1 Å². The van der Waals surface area contributed by atoms with Gasteiger partial charge in [-0.15, -0.1) is 0 Å². The van der Waals surface area contributed by atoms with Crippen molar-refractivity contribution in [2.45, 2.75) is 18.4 Å². The quantitative estimate of drug-likeness (QED) is 0.773. The fourth-order valence-electron chi connectivity index (χ4n) is 3.04. The van der Waals surface area contributed by atoms with Gasteiger partial charge < -0.3 is 15.0 Å². The number of nitrogens with zero attached hydrogens (tertiary/aromatic N) is 5. The van der Waals surface area contributed by atoms with Crippen molar-refractivity contribution in [3.63, 3.8) is 0 Å². The molecule has 1 N–H and O–H groups in total. The SMILES string of the molecule is COCCNC(=O)C1(n2cccn2)CCN(c2ncccn2)CC1. The van der Waals surface area contributed by atoms with E-state index in [2.05, 4.69) is 25.3 Å². The van der Waals surface area contributed by atoms with Gasteiger partial charge in [-0.1, -0.05) is 0 Å². The first kappa shape index (κ1) is 16.4. The summed E-state index contributed by atoms with van der Waals surface area (Å²) in [7, 11) is 1.62. The minimum atomic E-state index is -0.678. The van der Waals surface area contributed by atoms with Crippen molar-refractivity contribution in [2.75, 3.05) is 38.3 Å². The third kappa shape index (κ3) is 3.23. The van der Waals surface area contributed by atoms with E-state index in [-0.39, 0.29) is 5.91 Å². The smallest absolute Gasteiger partial charge is 0.248 e. The van der Waals surface area contributed by atoms with Crippen LogP contribution in [-0.4, -0.2) is 59.0 Å². The maximum Gasteiger partial charge on any atom is 0.248 e. The highest BCUT2D eigenvalue weighted by molar-refractivity contribution is 5.84. The topological polar surface area (TPSA) is 85.2 Å². The van der Waals surface area contributed by atoms with Gasteiger partial charge in [-0.25, -0.2) is 9.97 Å². The van der Waals surface area contributed by atoms with Crippen molar-refractivity contribution in [2.24, 2.45) is 0 Å². The molecule has 3 rings (SSSR count). The van der Waals surface area contributed by atoms with Crippen LogP contribution in [0.2, 0.25) is 0 Å². The van der Waals surface area contributed by atoms with Crippen LogP contribution in [0, 0.1) is 0 Å². The molecule has 8 nitrogen and oxygen atoms in total. The van der Waals surface area contributed by atoms with E-state index in [0.717, 1.165) is 0 Å². The number of carbonyl (C=O) groups excluding carboxylic acids is 1. The van der Waals surface area contributed by atoms with Crippen LogP contribution in [0.25, 0.3) is 0 Å². The Morgan fingerprint density at radius 2 is 2.00 bits per heavy atom. The minimum absolute atomic E-state index is 0.0168. The van der Waals surface area contributed by atoms with Gasteiger partial charge in [-0.2, -0.15) is 5.10 Å². The first-order valence-electron chi connectivity index (χ1n) is 8.05. The van der Waals surface area contributed by atoms with E-state index in [0.29, 0.717) is 45.0 Å². The summed E-state index contributed by atoms with van der Waals surface area (Å²) in [5.41, 5.74) is -0.678. The molecule has 1 aliphatic heterocycles. The molecule has 0 spiro atoms. The first-order chi connectivity index (χ1) is 11.8. The van der Waals surface area contributed by atoms with Gasteiger partial charge in [-0.05, 0) is 25.0 Å². The molecule has 1 fully saturated rings. The third-order valence-electron chi connectivity index (χ3n) is 4.38. The van der Waals surface area contributed by atoms with E-state index < -0.39 is 5.54 Å². The maximum absolute atomic E-state index is 12.9. The van der Waals surface area contributed by atoms with E-state index in [1.807, 2.05) is 12.3 Å². The predicted molar refractivity (Wildman–Crippen MR) is 88.6 cm³/mol. The van der Waals surface area contributed by atoms with Gasteiger partial charge >= 0.3 is 0 Å². The highest BCUT2D eigenvalue weighted by atomic mass is 16.5. The molecular formula is C16H22N6O2. The van der Waals surface area contributed by atoms with Crippen molar-refractivity contribution in [1.82, 2.24) is 25.1 Å². The lowest BCUT2D eigenvalue weighted by Gasteiger charge is -2.40. The molecule has 1 aliphatic rings. The number of rotatable bonds is 6. The molecule has 1 saturated heterocycles. The van der Waals surface area contributed by atoms with E-state index >= 15 is 0 Å². The van der Waals surface area contributed by atoms with Crippen molar-refractivity contribution >= 4 is 11.9 Å². The van der Waals surface area contributed by atoms with E-state index in [1.165, 1.54) is 0 Å². The van der Waals surface area contributed by atoms with Gasteiger partial charge in [-0.3, -0.25) is 9.48 Å². The fourth-order valence-corrected chi connectivity index (χ4v) is 3.04. The van der Waals surface area contributed by atoms with Gasteiger partial charge in [0.25, 0.3) is 0 Å². The summed E-state index contributed by atoms with van der Waals surface area (Å²) in [6.45, 7) is 2.37. The first-order valence-corrected chi connectivity index (χ1v) is 8.05. The van der Waals surface area contributed by atoms with Crippen molar-refractivity contribution in [3.8, 4) is 0 Å². The summed E-state index contributed by atoms with van der Waals surface area (Å²) in [5.74, 6) is 0.684. The number of aromatic nitrogens is 4. The molecule has 8 heteroatoms. The lowest BCUT2D eigenvalue weighted by atomic mass is 9.86. The Bertz CT molecular complexity index is 638. The molecule has 0 bridgehead atoms. The number of ether oxygens (including phenoxy) is 1. The second kappa shape index (κ2) is 7.39. The zero-order valence-electron chi connectivity index (χ0n) is 13.8. The lowest BCUT2D eigenvalue weighted by molar-refractivity contribution is -0.131. The van der Waals surface area contributed by atoms with E-state index in [1.54, 1.807) is 36.4 Å². The van der Waals surface area contributed by atoms with Crippen LogP contribution in [0.1, 0.15) is 12.8 Å². The molecule has 128 valence electrons. The van der Waals surface area contributed by atoms with Crippen LogP contribution in [0.4, 0.5) is 5.95 Å². The molecule has 1 amide bonds. The Morgan fingerprint density at radius 1 is 1.25 bits per heavy atom. The maximum atomic E-state index is 12.9. The molecule has 0 radical (unpaired) electrons. The third-order valence-corrected chi connectivity index (χ3v) is 4.38. The highest BCUT2D eigenvalue weighted by Crippen LogP contribution is 2.31. The van der Waals surface area contributed by atoms with Crippen molar-refractivity contribution in [3.05, 3.63) is 36.9 Å². The van der Waals surface area contributed by atoms with Crippen LogP contribution in [0.3, 0.4) is 0 Å². The van der Waals surface area contributed by atoms with E-state index in [9.17, 15) is 4.79 Å². The fraction of sp³-hybridized carbons (Fsp3) is 0.500. The normalized spacial score (nSPS) is 16.8. The summed E-state index contributed by atoms with van der Waals surface area (Å²) < 4.78 is 6.79. The second-order valence-electron chi connectivity index (χ2n) is 5.77. The van der Waals surface area contributed by atoms with Gasteiger partial charge in [0, 0.05) is 51.5 Å². The van der Waals surface area contributed by atoms with E-state index in [4.69, 9.17) is 4.74 Å². The number of hydrogen-bond acceptors (Lipinski definition) is 6. The minimum Gasteiger partial charge on any atom is -0.383 e. The molecule has 3 heterocycles. The Kier molecular flexibility index (Phi) is 5.05. The summed E-state index contributed by atoms with van der Waals surface area (Å²) in [6.07, 6.45) is 8.31. The van der Waals surface area contributed by atoms with Gasteiger partial charge in [0.2, 0.25) is 11.9 Å². The monoisotopic (exact) mass is 330 g/mol. The van der Waals surface area contributed by atoms with Crippen LogP contribution in [0.5, 0.6) is 0 Å². The Balaban J connectivity index is 1.75. The van der Waals surface area contributed by atoms with Crippen LogP contribution >= 0.6 is 0 Å². The van der Waals surface area contributed by atoms with Gasteiger partial charge in [0.15, 0.2) is 0 Å². The zero-order valence-corrected chi connectivity index (χ0v) is 13.8. The Morgan fingerprint density at radius 3 is 2.62 bits per heavy atom. The Hall–Kier alpha value is -2.48. The second-order valence-corrected chi connectivity index (χ2v) is 5.77. The molecule has 0 unspecified atom stereocenters. The molecule has 0 saturated carbocycles. The summed E-state index contributed by atoms with van der Waals surface area (Å²) in [5, 5.41) is 7.30. The zero-order chi connectivity index (χ0) is 16.8. The predicted octanol–water partition coefficient (Wildman–Crippen LogP) is 0.431. The molecule has 2 aromatic rings. The number of amides is 1. The number of methoxy groups -OCH3 is 1. The summed E-state index contributed by atoms with van der Waals surface area (Å²) in [4.78, 5) is 23.5. The van der Waals surface area contributed by atoms with Gasteiger partial charge in [0.1, 0.15) is 5.54 Å². The Labute approximate surface area is 140 Å². The molecule has 0 aliphatic carbocycles. The number of carbonyl (C=O) groups is 1. The van der Waals surface area contributed by atoms with Crippen molar-refractivity contribution < 1.29 is 9.53 Å². The van der Waals surface area contributed by atoms with Crippen molar-refractivity contribution in [1.29, 1.82) is 0 Å². The molecular weight excluding hydrogens is 308 g/mol. The largest absolute Gasteiger partial charge is 0.383 e. The molecule has 2 aromatic heterocycles. The summed E-state index contributed by atoms with van der Waals surface area (Å²) >= 11 is 0. The number of anilines is 1. The molecule has 24 heavy (non-hydrogen) atoms. The lowest BCUT2D eigenvalue weighted by Crippen LogP contribution is -2.56. The number of hydrogen-bond donors (Lipinski definition) is 1. The highest BCUT2D eigenvalue weighted by Gasteiger charge is 2.43. The number of piperidine rings is 1. The molecule has 0 aromatic carbocycles. The molecule has 0 atom stereocenters. The number of nitrogens with one attached hydrogen (secondary N) is 1. The van der Waals surface area contributed by atoms with Crippen LogP contribution < -0.4 is 10.2 Å². The van der Waals surface area contributed by atoms with Gasteiger partial charge in [0.05, 0.1) is 6.61 Å².